The number of pyridine rings is 1. The molecule has 2 nitrogen and oxygen atoms in total. The van der Waals surface area contributed by atoms with E-state index in [-0.39, 0.29) is 0 Å². The number of unbranched alkanes of at least 4 members (excludes halogenated alkanes) is 2. The first-order chi connectivity index (χ1) is 7.79. The molecule has 0 amide bonds. The first-order valence-corrected chi connectivity index (χ1v) is 6.37. The summed E-state index contributed by atoms with van der Waals surface area (Å²) in [5.41, 5.74) is 1.19. The number of hydrogen-bond acceptors (Lipinski definition) is 2. The van der Waals surface area contributed by atoms with E-state index < -0.39 is 0 Å². The molecule has 0 aliphatic carbocycles. The van der Waals surface area contributed by atoms with Crippen molar-refractivity contribution in [2.24, 2.45) is 0 Å². The van der Waals surface area contributed by atoms with E-state index in [0.717, 1.165) is 0 Å². The third-order valence-electron chi connectivity index (χ3n) is 3.25. The molecule has 1 heterocycles. The first kappa shape index (κ1) is 13.2. The molecule has 0 saturated carbocycles. The Bertz CT molecular complexity index is 271. The van der Waals surface area contributed by atoms with Crippen LogP contribution in [-0.4, -0.2) is 18.1 Å². The summed E-state index contributed by atoms with van der Waals surface area (Å²) in [6.45, 7) is 4.51. The van der Waals surface area contributed by atoms with Crippen LogP contribution in [0.2, 0.25) is 0 Å². The highest BCUT2D eigenvalue weighted by molar-refractivity contribution is 5.10. The number of nitrogens with one attached hydrogen (secondary N) is 1. The average Bonchev–Trinajstić information content (AvgIpc) is 2.35. The quantitative estimate of drug-likeness (QED) is 0.713. The van der Waals surface area contributed by atoms with Gasteiger partial charge in [0.05, 0.1) is 0 Å². The summed E-state index contributed by atoms with van der Waals surface area (Å²) < 4.78 is 0. The van der Waals surface area contributed by atoms with Gasteiger partial charge in [0.1, 0.15) is 0 Å². The van der Waals surface area contributed by atoms with Gasteiger partial charge in [0.2, 0.25) is 0 Å². The summed E-state index contributed by atoms with van der Waals surface area (Å²) in [5, 5.41) is 3.42. The van der Waals surface area contributed by atoms with Crippen LogP contribution in [0, 0.1) is 0 Å². The summed E-state index contributed by atoms with van der Waals surface area (Å²) >= 11 is 0. The van der Waals surface area contributed by atoms with E-state index in [1.165, 1.54) is 31.4 Å². The fourth-order valence-electron chi connectivity index (χ4n) is 2.11. The molecular weight excluding hydrogens is 196 g/mol. The number of aromatic nitrogens is 1. The molecule has 0 aliphatic rings. The third-order valence-corrected chi connectivity index (χ3v) is 3.25. The number of likely N-dealkylation sites (N-methyl/N-ethyl adjacent to an activating group) is 1. The van der Waals surface area contributed by atoms with Gasteiger partial charge in [-0.1, -0.05) is 39.2 Å². The first-order valence-electron chi connectivity index (χ1n) is 6.37. The summed E-state index contributed by atoms with van der Waals surface area (Å²) in [7, 11) is 2.05. The van der Waals surface area contributed by atoms with Gasteiger partial charge >= 0.3 is 0 Å². The van der Waals surface area contributed by atoms with Gasteiger partial charge in [0.25, 0.3) is 0 Å². The van der Waals surface area contributed by atoms with Crippen molar-refractivity contribution in [3.05, 3.63) is 30.1 Å². The van der Waals surface area contributed by atoms with Gasteiger partial charge in [0.15, 0.2) is 0 Å². The minimum atomic E-state index is 0.489. The molecule has 90 valence electrons. The summed E-state index contributed by atoms with van der Waals surface area (Å²) in [6.07, 6.45) is 7.04. The maximum atomic E-state index is 4.44. The summed E-state index contributed by atoms with van der Waals surface area (Å²) in [6, 6.07) is 6.70. The normalized spacial score (nSPS) is 14.7. The van der Waals surface area contributed by atoms with Crippen molar-refractivity contribution in [1.82, 2.24) is 10.3 Å². The molecule has 0 saturated heterocycles. The molecule has 0 bridgehead atoms. The van der Waals surface area contributed by atoms with Gasteiger partial charge in [-0.3, -0.25) is 4.98 Å². The molecule has 2 heteroatoms. The SMILES string of the molecule is CCCCCC(NC)C(C)c1ccccn1. The van der Waals surface area contributed by atoms with Crippen molar-refractivity contribution in [3.63, 3.8) is 0 Å². The Morgan fingerprint density at radius 1 is 1.31 bits per heavy atom. The third kappa shape index (κ3) is 3.93. The summed E-state index contributed by atoms with van der Waals surface area (Å²) in [4.78, 5) is 4.44. The topological polar surface area (TPSA) is 24.9 Å². The van der Waals surface area contributed by atoms with E-state index in [1.54, 1.807) is 0 Å². The Labute approximate surface area is 99.5 Å². The van der Waals surface area contributed by atoms with Crippen molar-refractivity contribution in [2.75, 3.05) is 7.05 Å². The highest BCUT2D eigenvalue weighted by Gasteiger charge is 2.17. The van der Waals surface area contributed by atoms with E-state index in [9.17, 15) is 0 Å². The molecule has 2 unspecified atom stereocenters. The predicted octanol–water partition coefficient (Wildman–Crippen LogP) is 3.35. The fraction of sp³-hybridized carbons (Fsp3) is 0.643. The Morgan fingerprint density at radius 3 is 2.69 bits per heavy atom. The van der Waals surface area contributed by atoms with Crippen LogP contribution in [0.3, 0.4) is 0 Å². The molecule has 1 aromatic rings. The minimum absolute atomic E-state index is 0.489. The Balaban J connectivity index is 2.52. The zero-order valence-electron chi connectivity index (χ0n) is 10.7. The molecule has 1 aromatic heterocycles. The molecule has 0 aliphatic heterocycles. The van der Waals surface area contributed by atoms with E-state index in [0.29, 0.717) is 12.0 Å². The lowest BCUT2D eigenvalue weighted by atomic mass is 9.93. The lowest BCUT2D eigenvalue weighted by Gasteiger charge is -2.23. The van der Waals surface area contributed by atoms with Crippen molar-refractivity contribution in [1.29, 1.82) is 0 Å². The monoisotopic (exact) mass is 220 g/mol. The average molecular weight is 220 g/mol. The summed E-state index contributed by atoms with van der Waals surface area (Å²) in [5.74, 6) is 0.489. The van der Waals surface area contributed by atoms with Crippen LogP contribution in [0.4, 0.5) is 0 Å². The molecular formula is C14H24N2. The van der Waals surface area contributed by atoms with Gasteiger partial charge in [-0.25, -0.2) is 0 Å². The van der Waals surface area contributed by atoms with Crippen LogP contribution < -0.4 is 5.32 Å². The van der Waals surface area contributed by atoms with Gasteiger partial charge in [-0.05, 0) is 25.6 Å². The van der Waals surface area contributed by atoms with Gasteiger partial charge < -0.3 is 5.32 Å². The molecule has 0 spiro atoms. The lowest BCUT2D eigenvalue weighted by molar-refractivity contribution is 0.431. The van der Waals surface area contributed by atoms with Gasteiger partial charge in [-0.2, -0.15) is 0 Å². The largest absolute Gasteiger partial charge is 0.316 e. The van der Waals surface area contributed by atoms with Crippen LogP contribution >= 0.6 is 0 Å². The van der Waals surface area contributed by atoms with Crippen LogP contribution in [0.5, 0.6) is 0 Å². The highest BCUT2D eigenvalue weighted by Crippen LogP contribution is 2.20. The number of hydrogen-bond donors (Lipinski definition) is 1. The van der Waals surface area contributed by atoms with Crippen LogP contribution in [-0.2, 0) is 0 Å². The van der Waals surface area contributed by atoms with E-state index in [2.05, 4.69) is 43.3 Å². The molecule has 0 aromatic carbocycles. The second-order valence-corrected chi connectivity index (χ2v) is 4.43. The van der Waals surface area contributed by atoms with E-state index >= 15 is 0 Å². The zero-order valence-corrected chi connectivity index (χ0v) is 10.7. The number of nitrogens with zero attached hydrogens (tertiary/aromatic N) is 1. The number of rotatable bonds is 7. The van der Waals surface area contributed by atoms with Crippen LogP contribution in [0.1, 0.15) is 51.1 Å². The second kappa shape index (κ2) is 7.39. The van der Waals surface area contributed by atoms with Crippen molar-refractivity contribution in [2.45, 2.75) is 51.5 Å². The van der Waals surface area contributed by atoms with Crippen LogP contribution in [0.25, 0.3) is 0 Å². The predicted molar refractivity (Wildman–Crippen MR) is 69.6 cm³/mol. The Kier molecular flexibility index (Phi) is 6.09. The maximum absolute atomic E-state index is 4.44. The lowest BCUT2D eigenvalue weighted by Crippen LogP contribution is -2.31. The van der Waals surface area contributed by atoms with Crippen molar-refractivity contribution < 1.29 is 0 Å². The molecule has 1 rings (SSSR count). The zero-order chi connectivity index (χ0) is 11.8. The molecule has 1 N–H and O–H groups in total. The van der Waals surface area contributed by atoms with E-state index in [4.69, 9.17) is 0 Å². The Morgan fingerprint density at radius 2 is 2.12 bits per heavy atom. The second-order valence-electron chi connectivity index (χ2n) is 4.43. The van der Waals surface area contributed by atoms with Crippen LogP contribution in [0.15, 0.2) is 24.4 Å². The van der Waals surface area contributed by atoms with Crippen molar-refractivity contribution in [3.8, 4) is 0 Å². The highest BCUT2D eigenvalue weighted by atomic mass is 14.9. The molecule has 2 atom stereocenters. The molecule has 0 fully saturated rings. The standard InChI is InChI=1S/C14H24N2/c1-4-5-6-9-13(15-3)12(2)14-10-7-8-11-16-14/h7-8,10-13,15H,4-6,9H2,1-3H3. The maximum Gasteiger partial charge on any atom is 0.0447 e. The molecule has 16 heavy (non-hydrogen) atoms. The van der Waals surface area contributed by atoms with E-state index in [1.807, 2.05) is 12.3 Å². The van der Waals surface area contributed by atoms with Crippen molar-refractivity contribution >= 4 is 0 Å². The minimum Gasteiger partial charge on any atom is -0.316 e. The Hall–Kier alpha value is -0.890. The smallest absolute Gasteiger partial charge is 0.0447 e. The van der Waals surface area contributed by atoms with Gasteiger partial charge in [0, 0.05) is 23.9 Å². The van der Waals surface area contributed by atoms with Gasteiger partial charge in [-0.15, -0.1) is 0 Å². The fourth-order valence-corrected chi connectivity index (χ4v) is 2.11. The molecule has 0 radical (unpaired) electrons.